The summed E-state index contributed by atoms with van der Waals surface area (Å²) in [5.74, 6) is 1.30. The van der Waals surface area contributed by atoms with Gasteiger partial charge in [0.1, 0.15) is 17.1 Å². The van der Waals surface area contributed by atoms with Crippen molar-refractivity contribution in [3.63, 3.8) is 0 Å². The van der Waals surface area contributed by atoms with E-state index in [0.717, 1.165) is 0 Å². The van der Waals surface area contributed by atoms with Gasteiger partial charge in [-0.2, -0.15) is 0 Å². The Labute approximate surface area is 171 Å². The van der Waals surface area contributed by atoms with Crippen molar-refractivity contribution in [2.75, 3.05) is 33.0 Å². The molecule has 1 aliphatic heterocycles. The predicted octanol–water partition coefficient (Wildman–Crippen LogP) is 1.58. The fraction of sp³-hybridized carbons (Fsp3) is 0.625. The maximum Gasteiger partial charge on any atom is 0.341 e. The van der Waals surface area contributed by atoms with Crippen LogP contribution in [0.1, 0.15) is 35.7 Å². The smallest absolute Gasteiger partial charge is 0.341 e. The Morgan fingerprint density at radius 3 is 2.65 bits per heavy atom. The molecule has 0 spiro atoms. The number of ether oxygens (including phenoxy) is 1. The molecule has 0 aliphatic carbocycles. The fourth-order valence-electron chi connectivity index (χ4n) is 2.77. The lowest BCUT2D eigenvalue weighted by atomic mass is 10.2. The molecule has 2 rings (SSSR count). The molecule has 148 valence electrons. The predicted molar refractivity (Wildman–Crippen MR) is 110 cm³/mol. The lowest BCUT2D eigenvalue weighted by molar-refractivity contribution is 0.0599. The van der Waals surface area contributed by atoms with Crippen molar-refractivity contribution in [3.05, 3.63) is 23.2 Å². The number of aliphatic imine (C=N–C) groups is 1. The van der Waals surface area contributed by atoms with E-state index in [9.17, 15) is 13.2 Å². The van der Waals surface area contributed by atoms with E-state index in [1.165, 1.54) is 7.11 Å². The first-order chi connectivity index (χ1) is 11.6. The van der Waals surface area contributed by atoms with Crippen molar-refractivity contribution in [2.45, 2.75) is 32.1 Å². The zero-order valence-electron chi connectivity index (χ0n) is 15.7. The second kappa shape index (κ2) is 8.59. The molecule has 1 aromatic heterocycles. The first-order valence-electron chi connectivity index (χ1n) is 7.97. The molecule has 0 bridgehead atoms. The van der Waals surface area contributed by atoms with Crippen LogP contribution in [0.5, 0.6) is 0 Å². The first-order valence-corrected chi connectivity index (χ1v) is 9.62. The highest BCUT2D eigenvalue weighted by molar-refractivity contribution is 14.0. The number of methoxy groups -OCH3 is 1. The van der Waals surface area contributed by atoms with E-state index in [0.29, 0.717) is 42.7 Å². The van der Waals surface area contributed by atoms with E-state index >= 15 is 0 Å². The van der Waals surface area contributed by atoms with Crippen molar-refractivity contribution < 1.29 is 22.4 Å². The van der Waals surface area contributed by atoms with Crippen LogP contribution in [-0.2, 0) is 21.1 Å². The molecule has 1 saturated heterocycles. The Balaban J connectivity index is 0.00000338. The fourth-order valence-corrected chi connectivity index (χ4v) is 4.13. The summed E-state index contributed by atoms with van der Waals surface area (Å²) in [7, 11) is -0.147. The zero-order valence-corrected chi connectivity index (χ0v) is 18.8. The van der Waals surface area contributed by atoms with Gasteiger partial charge in [0.25, 0.3) is 0 Å². The second-order valence-electron chi connectivity index (χ2n) is 6.58. The minimum absolute atomic E-state index is 0. The Bertz CT molecular complexity index is 786. The van der Waals surface area contributed by atoms with Gasteiger partial charge in [-0.25, -0.2) is 13.2 Å². The summed E-state index contributed by atoms with van der Waals surface area (Å²) in [6, 6.07) is 1.63. The second-order valence-corrected chi connectivity index (χ2v) is 9.32. The highest BCUT2D eigenvalue weighted by Crippen LogP contribution is 2.24. The van der Waals surface area contributed by atoms with Crippen LogP contribution < -0.4 is 5.32 Å². The molecule has 0 atom stereocenters. The Morgan fingerprint density at radius 2 is 2.12 bits per heavy atom. The zero-order chi connectivity index (χ0) is 18.8. The van der Waals surface area contributed by atoms with Crippen molar-refractivity contribution in [1.82, 2.24) is 10.2 Å². The van der Waals surface area contributed by atoms with Crippen molar-refractivity contribution in [2.24, 2.45) is 4.99 Å². The average Bonchev–Trinajstić information content (AvgIpc) is 2.91. The summed E-state index contributed by atoms with van der Waals surface area (Å²) in [4.78, 5) is 17.8. The number of hydrogen-bond acceptors (Lipinski definition) is 6. The van der Waals surface area contributed by atoms with Gasteiger partial charge < -0.3 is 19.4 Å². The Hall–Kier alpha value is -1.30. The van der Waals surface area contributed by atoms with E-state index in [1.54, 1.807) is 33.9 Å². The van der Waals surface area contributed by atoms with Gasteiger partial charge in [-0.15, -0.1) is 24.0 Å². The number of guanidine groups is 1. The third kappa shape index (κ3) is 4.70. The molecule has 0 amide bonds. The number of halogens is 1. The standard InChI is InChI=1S/C16H25N3O5S.HI/c1-11-13(14(20)23-5)8-12(24-11)9-18-15(17-4)19-6-7-25(21,22)16(2,3)10-19;/h8H,6-7,9-10H2,1-5H3,(H,17,18);1H. The number of nitrogens with one attached hydrogen (secondary N) is 1. The largest absolute Gasteiger partial charge is 0.465 e. The molecule has 0 unspecified atom stereocenters. The SMILES string of the molecule is CN=C(NCc1cc(C(=O)OC)c(C)o1)N1CCS(=O)(=O)C(C)(C)C1.I. The van der Waals surface area contributed by atoms with Crippen molar-refractivity contribution >= 4 is 45.7 Å². The molecule has 1 N–H and O–H groups in total. The number of rotatable bonds is 3. The van der Waals surface area contributed by atoms with E-state index in [1.807, 2.05) is 4.90 Å². The number of esters is 1. The summed E-state index contributed by atoms with van der Waals surface area (Å²) in [6.45, 7) is 6.22. The summed E-state index contributed by atoms with van der Waals surface area (Å²) < 4.78 is 33.7. The van der Waals surface area contributed by atoms with Crippen LogP contribution in [0.4, 0.5) is 0 Å². The Morgan fingerprint density at radius 1 is 1.46 bits per heavy atom. The molecule has 1 fully saturated rings. The van der Waals surface area contributed by atoms with Gasteiger partial charge >= 0.3 is 5.97 Å². The highest BCUT2D eigenvalue weighted by atomic mass is 127. The van der Waals surface area contributed by atoms with Crippen LogP contribution in [0.2, 0.25) is 0 Å². The Kier molecular flexibility index (Phi) is 7.52. The van der Waals surface area contributed by atoms with Gasteiger partial charge in [0.15, 0.2) is 15.8 Å². The topological polar surface area (TPSA) is 101 Å². The molecule has 1 aliphatic rings. The number of carbonyl (C=O) groups is 1. The lowest BCUT2D eigenvalue weighted by Crippen LogP contribution is -2.57. The maximum atomic E-state index is 12.1. The number of aryl methyl sites for hydroxylation is 1. The number of hydrogen-bond donors (Lipinski definition) is 1. The van der Waals surface area contributed by atoms with Gasteiger partial charge in [0, 0.05) is 20.1 Å². The number of nitrogens with zero attached hydrogens (tertiary/aromatic N) is 2. The molecule has 0 aromatic carbocycles. The molecule has 26 heavy (non-hydrogen) atoms. The summed E-state index contributed by atoms with van der Waals surface area (Å²) >= 11 is 0. The molecular formula is C16H26IN3O5S. The van der Waals surface area contributed by atoms with Gasteiger partial charge in [-0.3, -0.25) is 4.99 Å². The van der Waals surface area contributed by atoms with E-state index in [2.05, 4.69) is 10.3 Å². The quantitative estimate of drug-likeness (QED) is 0.292. The normalized spacial score (nSPS) is 18.8. The summed E-state index contributed by atoms with van der Waals surface area (Å²) in [5.41, 5.74) is 0.388. The van der Waals surface area contributed by atoms with Crippen LogP contribution in [0, 0.1) is 6.92 Å². The highest BCUT2D eigenvalue weighted by Gasteiger charge is 2.40. The molecule has 10 heteroatoms. The maximum absolute atomic E-state index is 12.1. The summed E-state index contributed by atoms with van der Waals surface area (Å²) in [6.07, 6.45) is 0. The molecular weight excluding hydrogens is 473 g/mol. The van der Waals surface area contributed by atoms with Crippen molar-refractivity contribution in [3.8, 4) is 0 Å². The summed E-state index contributed by atoms with van der Waals surface area (Å²) in [5, 5.41) is 3.15. The lowest BCUT2D eigenvalue weighted by Gasteiger charge is -2.39. The van der Waals surface area contributed by atoms with Gasteiger partial charge in [0.2, 0.25) is 0 Å². The van der Waals surface area contributed by atoms with Gasteiger partial charge in [-0.05, 0) is 26.8 Å². The first kappa shape index (κ1) is 22.7. The van der Waals surface area contributed by atoms with Crippen LogP contribution >= 0.6 is 24.0 Å². The van der Waals surface area contributed by atoms with Crippen LogP contribution in [-0.4, -0.2) is 63.0 Å². The van der Waals surface area contributed by atoms with E-state index in [-0.39, 0.29) is 29.7 Å². The van der Waals surface area contributed by atoms with Crippen LogP contribution in [0.3, 0.4) is 0 Å². The number of sulfone groups is 1. The van der Waals surface area contributed by atoms with Crippen molar-refractivity contribution in [1.29, 1.82) is 0 Å². The molecule has 1 aromatic rings. The minimum atomic E-state index is -3.11. The molecule has 0 saturated carbocycles. The molecule has 2 heterocycles. The van der Waals surface area contributed by atoms with Gasteiger partial charge in [-0.1, -0.05) is 0 Å². The monoisotopic (exact) mass is 499 g/mol. The van der Waals surface area contributed by atoms with E-state index in [4.69, 9.17) is 9.15 Å². The van der Waals surface area contributed by atoms with Gasteiger partial charge in [0.05, 0.1) is 24.2 Å². The minimum Gasteiger partial charge on any atom is -0.465 e. The van der Waals surface area contributed by atoms with Crippen LogP contribution in [0.15, 0.2) is 15.5 Å². The van der Waals surface area contributed by atoms with E-state index < -0.39 is 20.6 Å². The third-order valence-electron chi connectivity index (χ3n) is 4.35. The number of furan rings is 1. The molecule has 8 nitrogen and oxygen atoms in total. The third-order valence-corrected chi connectivity index (χ3v) is 6.88. The molecule has 0 radical (unpaired) electrons. The number of carbonyl (C=O) groups excluding carboxylic acids is 1. The average molecular weight is 499 g/mol. The van der Waals surface area contributed by atoms with Crippen LogP contribution in [0.25, 0.3) is 0 Å².